The molecule has 1 aromatic carbocycles. The Morgan fingerprint density at radius 3 is 2.77 bits per heavy atom. The zero-order valence-electron chi connectivity index (χ0n) is 6.33. The summed E-state index contributed by atoms with van der Waals surface area (Å²) < 4.78 is 0.766. The number of rotatable bonds is 0. The standard InChI is InChI=1S/C7H4BrClN4/c8-3-1-6-5(2-4(3)9)11-7(10)13-12-6/h1-2H,(H2,10,11,13). The normalized spacial score (nSPS) is 10.6. The monoisotopic (exact) mass is 258 g/mol. The summed E-state index contributed by atoms with van der Waals surface area (Å²) in [6, 6.07) is 3.43. The average Bonchev–Trinajstić information content (AvgIpc) is 2.08. The Kier molecular flexibility index (Phi) is 2.05. The van der Waals surface area contributed by atoms with Crippen LogP contribution in [0.5, 0.6) is 0 Å². The number of aromatic nitrogens is 3. The van der Waals surface area contributed by atoms with Crippen molar-refractivity contribution >= 4 is 44.5 Å². The molecule has 0 aliphatic heterocycles. The van der Waals surface area contributed by atoms with Crippen molar-refractivity contribution in [3.8, 4) is 0 Å². The molecule has 66 valence electrons. The summed E-state index contributed by atoms with van der Waals surface area (Å²) in [5, 5.41) is 8.06. The van der Waals surface area contributed by atoms with Crippen LogP contribution in [-0.2, 0) is 0 Å². The SMILES string of the molecule is Nc1nnc2cc(Br)c(Cl)cc2n1. The molecule has 4 nitrogen and oxygen atoms in total. The first-order valence-corrected chi connectivity index (χ1v) is 4.59. The highest BCUT2D eigenvalue weighted by Crippen LogP contribution is 2.25. The molecule has 2 aromatic rings. The van der Waals surface area contributed by atoms with E-state index in [1.54, 1.807) is 12.1 Å². The molecule has 0 saturated carbocycles. The number of benzene rings is 1. The lowest BCUT2D eigenvalue weighted by atomic mass is 10.3. The molecule has 0 aliphatic carbocycles. The molecule has 13 heavy (non-hydrogen) atoms. The third-order valence-electron chi connectivity index (χ3n) is 1.51. The minimum atomic E-state index is 0.144. The molecule has 0 aliphatic rings. The van der Waals surface area contributed by atoms with Gasteiger partial charge >= 0.3 is 0 Å². The van der Waals surface area contributed by atoms with Gasteiger partial charge in [-0.2, -0.15) is 0 Å². The average molecular weight is 259 g/mol. The van der Waals surface area contributed by atoms with Gasteiger partial charge in [0, 0.05) is 4.47 Å². The highest BCUT2D eigenvalue weighted by atomic mass is 79.9. The zero-order valence-corrected chi connectivity index (χ0v) is 8.67. The van der Waals surface area contributed by atoms with Crippen LogP contribution in [-0.4, -0.2) is 15.2 Å². The van der Waals surface area contributed by atoms with Crippen LogP contribution in [0, 0.1) is 0 Å². The lowest BCUT2D eigenvalue weighted by Crippen LogP contribution is -1.97. The molecule has 0 saturated heterocycles. The van der Waals surface area contributed by atoms with Gasteiger partial charge < -0.3 is 5.73 Å². The number of nitrogens with zero attached hydrogens (tertiary/aromatic N) is 3. The van der Waals surface area contributed by atoms with E-state index in [1.807, 2.05) is 0 Å². The number of hydrogen-bond acceptors (Lipinski definition) is 4. The van der Waals surface area contributed by atoms with Gasteiger partial charge in [-0.1, -0.05) is 11.6 Å². The molecule has 0 radical (unpaired) electrons. The van der Waals surface area contributed by atoms with E-state index in [2.05, 4.69) is 31.1 Å². The van der Waals surface area contributed by atoms with Gasteiger partial charge in [-0.3, -0.25) is 0 Å². The molecule has 0 amide bonds. The van der Waals surface area contributed by atoms with E-state index in [1.165, 1.54) is 0 Å². The number of fused-ring (bicyclic) bond motifs is 1. The van der Waals surface area contributed by atoms with E-state index < -0.39 is 0 Å². The second-order valence-corrected chi connectivity index (χ2v) is 3.69. The Morgan fingerprint density at radius 2 is 2.00 bits per heavy atom. The number of anilines is 1. The van der Waals surface area contributed by atoms with E-state index in [4.69, 9.17) is 17.3 Å². The maximum absolute atomic E-state index is 5.86. The molecule has 2 rings (SSSR count). The van der Waals surface area contributed by atoms with Gasteiger partial charge in [-0.05, 0) is 28.1 Å². The number of halogens is 2. The Bertz CT molecular complexity index is 473. The van der Waals surface area contributed by atoms with Crippen LogP contribution < -0.4 is 5.73 Å². The second kappa shape index (κ2) is 3.08. The minimum absolute atomic E-state index is 0.144. The van der Waals surface area contributed by atoms with Gasteiger partial charge in [-0.15, -0.1) is 10.2 Å². The van der Waals surface area contributed by atoms with Gasteiger partial charge in [0.15, 0.2) is 0 Å². The molecule has 6 heteroatoms. The fraction of sp³-hybridized carbons (Fsp3) is 0. The van der Waals surface area contributed by atoms with Crippen LogP contribution in [0.1, 0.15) is 0 Å². The Morgan fingerprint density at radius 1 is 1.23 bits per heavy atom. The second-order valence-electron chi connectivity index (χ2n) is 2.43. The minimum Gasteiger partial charge on any atom is -0.366 e. The first-order valence-electron chi connectivity index (χ1n) is 3.42. The molecule has 0 bridgehead atoms. The number of nitrogens with two attached hydrogens (primary N) is 1. The largest absolute Gasteiger partial charge is 0.366 e. The van der Waals surface area contributed by atoms with Crippen molar-refractivity contribution in [2.45, 2.75) is 0 Å². The smallest absolute Gasteiger partial charge is 0.240 e. The summed E-state index contributed by atoms with van der Waals surface area (Å²) in [6.07, 6.45) is 0. The maximum Gasteiger partial charge on any atom is 0.240 e. The molecule has 0 fully saturated rings. The molecular weight excluding hydrogens is 255 g/mol. The Balaban J connectivity index is 2.81. The van der Waals surface area contributed by atoms with Crippen molar-refractivity contribution < 1.29 is 0 Å². The highest BCUT2D eigenvalue weighted by molar-refractivity contribution is 9.10. The summed E-state index contributed by atoms with van der Waals surface area (Å²) in [7, 11) is 0. The third-order valence-corrected chi connectivity index (χ3v) is 2.71. The first kappa shape index (κ1) is 8.65. The third kappa shape index (κ3) is 1.57. The molecule has 2 N–H and O–H groups in total. The van der Waals surface area contributed by atoms with Crippen LogP contribution in [0.3, 0.4) is 0 Å². The number of nitrogen functional groups attached to an aromatic ring is 1. The predicted octanol–water partition coefficient (Wildman–Crippen LogP) is 2.02. The van der Waals surface area contributed by atoms with Gasteiger partial charge in [0.25, 0.3) is 0 Å². The van der Waals surface area contributed by atoms with Gasteiger partial charge in [0.1, 0.15) is 5.52 Å². The molecule has 1 heterocycles. The lowest BCUT2D eigenvalue weighted by Gasteiger charge is -1.99. The van der Waals surface area contributed by atoms with Crippen LogP contribution in [0.15, 0.2) is 16.6 Å². The lowest BCUT2D eigenvalue weighted by molar-refractivity contribution is 1.04. The fourth-order valence-electron chi connectivity index (χ4n) is 0.946. The van der Waals surface area contributed by atoms with Crippen LogP contribution in [0.25, 0.3) is 11.0 Å². The van der Waals surface area contributed by atoms with Gasteiger partial charge in [-0.25, -0.2) is 4.98 Å². The fourth-order valence-corrected chi connectivity index (χ4v) is 1.44. The van der Waals surface area contributed by atoms with E-state index in [0.29, 0.717) is 16.1 Å². The highest BCUT2D eigenvalue weighted by Gasteiger charge is 2.03. The predicted molar refractivity (Wildman–Crippen MR) is 54.5 cm³/mol. The van der Waals surface area contributed by atoms with Crippen LogP contribution >= 0.6 is 27.5 Å². The van der Waals surface area contributed by atoms with Crippen molar-refractivity contribution in [3.05, 3.63) is 21.6 Å². The van der Waals surface area contributed by atoms with E-state index in [0.717, 1.165) is 4.47 Å². The van der Waals surface area contributed by atoms with E-state index in [-0.39, 0.29) is 5.95 Å². The summed E-state index contributed by atoms with van der Waals surface area (Å²) in [6.45, 7) is 0. The summed E-state index contributed by atoms with van der Waals surface area (Å²) >= 11 is 9.14. The van der Waals surface area contributed by atoms with E-state index in [9.17, 15) is 0 Å². The van der Waals surface area contributed by atoms with Crippen molar-refractivity contribution in [1.82, 2.24) is 15.2 Å². The van der Waals surface area contributed by atoms with Crippen molar-refractivity contribution in [2.75, 3.05) is 5.73 Å². The quantitative estimate of drug-likeness (QED) is 0.786. The molecular formula is C7H4BrClN4. The zero-order chi connectivity index (χ0) is 9.42. The van der Waals surface area contributed by atoms with Crippen LogP contribution in [0.4, 0.5) is 5.95 Å². The summed E-state index contributed by atoms with van der Waals surface area (Å²) in [5.74, 6) is 0.144. The van der Waals surface area contributed by atoms with Crippen molar-refractivity contribution in [1.29, 1.82) is 0 Å². The number of hydrogen-bond donors (Lipinski definition) is 1. The first-order chi connectivity index (χ1) is 6.16. The topological polar surface area (TPSA) is 64.7 Å². The van der Waals surface area contributed by atoms with Crippen molar-refractivity contribution in [3.63, 3.8) is 0 Å². The van der Waals surface area contributed by atoms with Gasteiger partial charge in [0.05, 0.1) is 10.5 Å². The summed E-state index contributed by atoms with van der Waals surface area (Å²) in [5.41, 5.74) is 6.67. The molecule has 0 spiro atoms. The van der Waals surface area contributed by atoms with Gasteiger partial charge in [0.2, 0.25) is 5.95 Å². The maximum atomic E-state index is 5.86. The molecule has 1 aromatic heterocycles. The van der Waals surface area contributed by atoms with Crippen molar-refractivity contribution in [2.24, 2.45) is 0 Å². The Hall–Kier alpha value is -0.940. The van der Waals surface area contributed by atoms with Crippen LogP contribution in [0.2, 0.25) is 5.02 Å². The van der Waals surface area contributed by atoms with E-state index >= 15 is 0 Å². The Labute approximate surface area is 87.3 Å². The summed E-state index contributed by atoms with van der Waals surface area (Å²) in [4.78, 5) is 3.98. The molecule has 0 atom stereocenters. The molecule has 0 unspecified atom stereocenters.